The standard InChI is InChI=1S/C11H12N2O3/c1-16-9-4-2-3-7(10(9)14)5-8(6-12)11(13)15/h2-4,8,14H,5H2,1H3,(H2,13,15). The molecule has 0 spiro atoms. The molecule has 0 aliphatic rings. The Bertz CT molecular complexity index is 437. The highest BCUT2D eigenvalue weighted by molar-refractivity contribution is 5.79. The molecule has 0 aliphatic heterocycles. The van der Waals surface area contributed by atoms with Crippen LogP contribution in [0.5, 0.6) is 11.5 Å². The third kappa shape index (κ3) is 2.42. The van der Waals surface area contributed by atoms with Crippen LogP contribution in [-0.4, -0.2) is 18.1 Å². The van der Waals surface area contributed by atoms with Crippen molar-refractivity contribution in [1.82, 2.24) is 0 Å². The minimum absolute atomic E-state index is 0.0634. The number of aromatic hydroxyl groups is 1. The molecule has 0 fully saturated rings. The van der Waals surface area contributed by atoms with Crippen molar-refractivity contribution in [3.63, 3.8) is 0 Å². The Morgan fingerprint density at radius 2 is 2.38 bits per heavy atom. The lowest BCUT2D eigenvalue weighted by atomic mass is 9.99. The molecular weight excluding hydrogens is 208 g/mol. The van der Waals surface area contributed by atoms with Crippen LogP contribution >= 0.6 is 0 Å². The Morgan fingerprint density at radius 3 is 2.88 bits per heavy atom. The molecular formula is C11H12N2O3. The van der Waals surface area contributed by atoms with Crippen LogP contribution in [0.3, 0.4) is 0 Å². The quantitative estimate of drug-likeness (QED) is 0.775. The number of primary amides is 1. The fraction of sp³-hybridized carbons (Fsp3) is 0.273. The van der Waals surface area contributed by atoms with Crippen molar-refractivity contribution in [1.29, 1.82) is 5.26 Å². The second-order valence-corrected chi connectivity index (χ2v) is 3.26. The highest BCUT2D eigenvalue weighted by Gasteiger charge is 2.18. The molecule has 0 bridgehead atoms. The summed E-state index contributed by atoms with van der Waals surface area (Å²) in [7, 11) is 1.43. The van der Waals surface area contributed by atoms with Crippen molar-refractivity contribution in [2.24, 2.45) is 11.7 Å². The van der Waals surface area contributed by atoms with Crippen molar-refractivity contribution >= 4 is 5.91 Å². The molecule has 0 saturated heterocycles. The van der Waals surface area contributed by atoms with Gasteiger partial charge >= 0.3 is 0 Å². The summed E-state index contributed by atoms with van der Waals surface area (Å²) >= 11 is 0. The predicted molar refractivity (Wildman–Crippen MR) is 56.7 cm³/mol. The highest BCUT2D eigenvalue weighted by atomic mass is 16.5. The van der Waals surface area contributed by atoms with Gasteiger partial charge in [-0.2, -0.15) is 5.26 Å². The SMILES string of the molecule is COc1cccc(CC(C#N)C(N)=O)c1O. The average Bonchev–Trinajstić information content (AvgIpc) is 2.27. The molecule has 5 heteroatoms. The van der Waals surface area contributed by atoms with E-state index in [4.69, 9.17) is 15.7 Å². The molecule has 16 heavy (non-hydrogen) atoms. The lowest BCUT2D eigenvalue weighted by molar-refractivity contribution is -0.120. The lowest BCUT2D eigenvalue weighted by Gasteiger charge is -2.09. The third-order valence-corrected chi connectivity index (χ3v) is 2.23. The predicted octanol–water partition coefficient (Wildman–Crippen LogP) is 0.568. The molecule has 0 radical (unpaired) electrons. The molecule has 1 unspecified atom stereocenters. The van der Waals surface area contributed by atoms with Gasteiger partial charge in [0.15, 0.2) is 11.5 Å². The van der Waals surface area contributed by atoms with E-state index >= 15 is 0 Å². The van der Waals surface area contributed by atoms with Gasteiger partial charge < -0.3 is 15.6 Å². The molecule has 0 heterocycles. The van der Waals surface area contributed by atoms with Gasteiger partial charge in [0.05, 0.1) is 13.2 Å². The maximum absolute atomic E-state index is 10.9. The summed E-state index contributed by atoms with van der Waals surface area (Å²) < 4.78 is 4.91. The number of amides is 1. The zero-order valence-corrected chi connectivity index (χ0v) is 8.80. The van der Waals surface area contributed by atoms with Crippen LogP contribution in [0.15, 0.2) is 18.2 Å². The second-order valence-electron chi connectivity index (χ2n) is 3.26. The van der Waals surface area contributed by atoms with E-state index in [2.05, 4.69) is 0 Å². The van der Waals surface area contributed by atoms with E-state index < -0.39 is 11.8 Å². The van der Waals surface area contributed by atoms with Crippen molar-refractivity contribution < 1.29 is 14.6 Å². The highest BCUT2D eigenvalue weighted by Crippen LogP contribution is 2.30. The first kappa shape index (κ1) is 11.9. The number of nitrogens with zero attached hydrogens (tertiary/aromatic N) is 1. The van der Waals surface area contributed by atoms with Crippen molar-refractivity contribution in [3.8, 4) is 17.6 Å². The number of para-hydroxylation sites is 1. The summed E-state index contributed by atoms with van der Waals surface area (Å²) in [5.74, 6) is -1.41. The number of phenols is 1. The summed E-state index contributed by atoms with van der Waals surface area (Å²) in [6, 6.07) is 6.66. The van der Waals surface area contributed by atoms with Crippen molar-refractivity contribution in [2.45, 2.75) is 6.42 Å². The lowest BCUT2D eigenvalue weighted by Crippen LogP contribution is -2.23. The number of phenolic OH excluding ortho intramolecular Hbond substituents is 1. The van der Waals surface area contributed by atoms with Gasteiger partial charge in [0.25, 0.3) is 0 Å². The van der Waals surface area contributed by atoms with Gasteiger partial charge in [0, 0.05) is 6.42 Å². The molecule has 3 N–H and O–H groups in total. The Hall–Kier alpha value is -2.22. The van der Waals surface area contributed by atoms with E-state index in [-0.39, 0.29) is 12.2 Å². The number of methoxy groups -OCH3 is 1. The Balaban J connectivity index is 2.98. The molecule has 0 aliphatic carbocycles. The molecule has 1 amide bonds. The van der Waals surface area contributed by atoms with Crippen LogP contribution < -0.4 is 10.5 Å². The number of benzene rings is 1. The smallest absolute Gasteiger partial charge is 0.235 e. The van der Waals surface area contributed by atoms with Gasteiger partial charge in [0.2, 0.25) is 5.91 Å². The molecule has 1 aromatic carbocycles. The summed E-state index contributed by atoms with van der Waals surface area (Å²) in [5.41, 5.74) is 5.50. The average molecular weight is 220 g/mol. The van der Waals surface area contributed by atoms with Crippen LogP contribution in [0.4, 0.5) is 0 Å². The van der Waals surface area contributed by atoms with Gasteiger partial charge in [-0.05, 0) is 11.6 Å². The third-order valence-electron chi connectivity index (χ3n) is 2.23. The van der Waals surface area contributed by atoms with Gasteiger partial charge in [-0.1, -0.05) is 12.1 Å². The molecule has 0 saturated carbocycles. The summed E-state index contributed by atoms with van der Waals surface area (Å²) in [5, 5.41) is 18.4. The Labute approximate surface area is 93.1 Å². The van der Waals surface area contributed by atoms with Crippen LogP contribution in [0.25, 0.3) is 0 Å². The zero-order chi connectivity index (χ0) is 12.1. The normalized spacial score (nSPS) is 11.5. The molecule has 1 aromatic rings. The first-order chi connectivity index (χ1) is 7.60. The number of hydrogen-bond acceptors (Lipinski definition) is 4. The van der Waals surface area contributed by atoms with Crippen LogP contribution in [0.1, 0.15) is 5.56 Å². The monoisotopic (exact) mass is 220 g/mol. The number of rotatable bonds is 4. The van der Waals surface area contributed by atoms with E-state index in [1.807, 2.05) is 0 Å². The van der Waals surface area contributed by atoms with E-state index in [0.717, 1.165) is 0 Å². The molecule has 5 nitrogen and oxygen atoms in total. The maximum atomic E-state index is 10.9. The topological polar surface area (TPSA) is 96.3 Å². The molecule has 1 atom stereocenters. The van der Waals surface area contributed by atoms with E-state index in [1.165, 1.54) is 7.11 Å². The molecule has 84 valence electrons. The van der Waals surface area contributed by atoms with Gasteiger partial charge in [-0.15, -0.1) is 0 Å². The number of ether oxygens (including phenoxy) is 1. The van der Waals surface area contributed by atoms with E-state index in [1.54, 1.807) is 24.3 Å². The maximum Gasteiger partial charge on any atom is 0.235 e. The zero-order valence-electron chi connectivity index (χ0n) is 8.80. The minimum Gasteiger partial charge on any atom is -0.504 e. The fourth-order valence-corrected chi connectivity index (χ4v) is 1.33. The molecule has 0 aromatic heterocycles. The largest absolute Gasteiger partial charge is 0.504 e. The number of nitriles is 1. The number of carbonyl (C=O) groups is 1. The number of hydrogen-bond donors (Lipinski definition) is 2. The second kappa shape index (κ2) is 5.03. The van der Waals surface area contributed by atoms with Gasteiger partial charge in [-0.25, -0.2) is 0 Å². The van der Waals surface area contributed by atoms with Crippen LogP contribution in [0.2, 0.25) is 0 Å². The van der Waals surface area contributed by atoms with Crippen molar-refractivity contribution in [3.05, 3.63) is 23.8 Å². The number of nitrogens with two attached hydrogens (primary N) is 1. The van der Waals surface area contributed by atoms with Crippen molar-refractivity contribution in [2.75, 3.05) is 7.11 Å². The fourth-order valence-electron chi connectivity index (χ4n) is 1.33. The van der Waals surface area contributed by atoms with Gasteiger partial charge in [0.1, 0.15) is 5.92 Å². The minimum atomic E-state index is -0.946. The summed E-state index contributed by atoms with van der Waals surface area (Å²) in [4.78, 5) is 10.9. The first-order valence-corrected chi connectivity index (χ1v) is 4.64. The van der Waals surface area contributed by atoms with Gasteiger partial charge in [-0.3, -0.25) is 4.79 Å². The Morgan fingerprint density at radius 1 is 1.69 bits per heavy atom. The van der Waals surface area contributed by atoms with Crippen LogP contribution in [0, 0.1) is 17.2 Å². The molecule has 1 rings (SSSR count). The Kier molecular flexibility index (Phi) is 3.72. The summed E-state index contributed by atoms with van der Waals surface area (Å²) in [6.45, 7) is 0. The first-order valence-electron chi connectivity index (χ1n) is 4.64. The summed E-state index contributed by atoms with van der Waals surface area (Å²) in [6.07, 6.45) is 0.0782. The van der Waals surface area contributed by atoms with Crippen LogP contribution in [-0.2, 0) is 11.2 Å². The van der Waals surface area contributed by atoms with E-state index in [0.29, 0.717) is 11.3 Å². The van der Waals surface area contributed by atoms with E-state index in [9.17, 15) is 9.90 Å². The number of carbonyl (C=O) groups excluding carboxylic acids is 1.